The molecule has 4 rings (SSSR count). The van der Waals surface area contributed by atoms with Gasteiger partial charge in [0.1, 0.15) is 0 Å². The van der Waals surface area contributed by atoms with E-state index < -0.39 is 0 Å². The van der Waals surface area contributed by atoms with E-state index in [0.29, 0.717) is 0 Å². The molecular formula is C14H8BrN3. The summed E-state index contributed by atoms with van der Waals surface area (Å²) < 4.78 is 3.15. The van der Waals surface area contributed by atoms with Crippen molar-refractivity contribution in [1.82, 2.24) is 14.4 Å². The molecule has 0 atom stereocenters. The number of hydrogen-bond acceptors (Lipinski definition) is 2. The standard InChI is InChI=1S/C14H8BrN3/c15-10-6-5-9-8-16-14-17-11-3-1-2-4-12(11)18(14)13(9)7-10/h1-8H. The van der Waals surface area contributed by atoms with Gasteiger partial charge < -0.3 is 0 Å². The van der Waals surface area contributed by atoms with Crippen LogP contribution in [-0.2, 0) is 0 Å². The van der Waals surface area contributed by atoms with Gasteiger partial charge in [0, 0.05) is 16.1 Å². The Morgan fingerprint density at radius 2 is 1.89 bits per heavy atom. The lowest BCUT2D eigenvalue weighted by Gasteiger charge is -2.02. The van der Waals surface area contributed by atoms with Crippen LogP contribution in [0.1, 0.15) is 0 Å². The first kappa shape index (κ1) is 10.0. The fourth-order valence-corrected chi connectivity index (χ4v) is 2.63. The molecule has 0 unspecified atom stereocenters. The molecular weight excluding hydrogens is 290 g/mol. The number of benzene rings is 2. The molecule has 2 heterocycles. The van der Waals surface area contributed by atoms with Crippen molar-refractivity contribution in [3.8, 4) is 0 Å². The summed E-state index contributed by atoms with van der Waals surface area (Å²) in [6.45, 7) is 0. The van der Waals surface area contributed by atoms with E-state index >= 15 is 0 Å². The lowest BCUT2D eigenvalue weighted by Crippen LogP contribution is -1.91. The second-order valence-electron chi connectivity index (χ2n) is 4.20. The maximum atomic E-state index is 4.53. The van der Waals surface area contributed by atoms with Crippen molar-refractivity contribution in [2.75, 3.05) is 0 Å². The van der Waals surface area contributed by atoms with Gasteiger partial charge in [0.25, 0.3) is 0 Å². The van der Waals surface area contributed by atoms with Crippen molar-refractivity contribution in [2.45, 2.75) is 0 Å². The quantitative estimate of drug-likeness (QED) is 0.494. The van der Waals surface area contributed by atoms with E-state index in [2.05, 4.69) is 48.5 Å². The van der Waals surface area contributed by atoms with E-state index in [9.17, 15) is 0 Å². The SMILES string of the molecule is Brc1ccc2cnc3nc4ccccc4n3c2c1. The highest BCUT2D eigenvalue weighted by Crippen LogP contribution is 2.24. The van der Waals surface area contributed by atoms with E-state index in [-0.39, 0.29) is 0 Å². The Hall–Kier alpha value is -1.94. The van der Waals surface area contributed by atoms with Gasteiger partial charge in [-0.1, -0.05) is 34.1 Å². The second-order valence-corrected chi connectivity index (χ2v) is 5.11. The van der Waals surface area contributed by atoms with E-state index in [1.165, 1.54) is 0 Å². The van der Waals surface area contributed by atoms with E-state index in [4.69, 9.17) is 0 Å². The molecule has 0 bridgehead atoms. The smallest absolute Gasteiger partial charge is 0.235 e. The normalized spacial score (nSPS) is 11.6. The highest BCUT2D eigenvalue weighted by atomic mass is 79.9. The summed E-state index contributed by atoms with van der Waals surface area (Å²) in [5.74, 6) is 0.738. The van der Waals surface area contributed by atoms with Crippen molar-refractivity contribution in [2.24, 2.45) is 0 Å². The third kappa shape index (κ3) is 1.29. The van der Waals surface area contributed by atoms with Gasteiger partial charge in [-0.05, 0) is 24.3 Å². The predicted molar refractivity (Wildman–Crippen MR) is 75.7 cm³/mol. The first-order valence-electron chi connectivity index (χ1n) is 5.64. The summed E-state index contributed by atoms with van der Waals surface area (Å²) in [5.41, 5.74) is 3.17. The Morgan fingerprint density at radius 1 is 1.00 bits per heavy atom. The second kappa shape index (κ2) is 3.53. The van der Waals surface area contributed by atoms with Gasteiger partial charge in [-0.15, -0.1) is 0 Å². The van der Waals surface area contributed by atoms with Crippen LogP contribution in [0.15, 0.2) is 53.1 Å². The molecule has 2 aromatic carbocycles. The zero-order valence-corrected chi connectivity index (χ0v) is 10.9. The Balaban J connectivity index is 2.35. The summed E-state index contributed by atoms with van der Waals surface area (Å²) in [4.78, 5) is 8.94. The fourth-order valence-electron chi connectivity index (χ4n) is 2.28. The van der Waals surface area contributed by atoms with Gasteiger partial charge in [0.05, 0.1) is 16.6 Å². The molecule has 2 aromatic heterocycles. The Labute approximate surface area is 111 Å². The Bertz CT molecular complexity index is 895. The zero-order valence-electron chi connectivity index (χ0n) is 9.34. The number of hydrogen-bond donors (Lipinski definition) is 0. The molecule has 0 N–H and O–H groups in total. The average Bonchev–Trinajstić information content (AvgIpc) is 2.77. The van der Waals surface area contributed by atoms with Crippen LogP contribution in [0.5, 0.6) is 0 Å². The van der Waals surface area contributed by atoms with Crippen molar-refractivity contribution in [3.63, 3.8) is 0 Å². The van der Waals surface area contributed by atoms with E-state index in [1.807, 2.05) is 30.5 Å². The van der Waals surface area contributed by atoms with E-state index in [1.54, 1.807) is 0 Å². The maximum absolute atomic E-state index is 4.53. The minimum absolute atomic E-state index is 0.738. The molecule has 0 aliphatic rings. The molecule has 0 amide bonds. The van der Waals surface area contributed by atoms with Gasteiger partial charge >= 0.3 is 0 Å². The first-order chi connectivity index (χ1) is 8.83. The van der Waals surface area contributed by atoms with Gasteiger partial charge in [0.2, 0.25) is 5.78 Å². The van der Waals surface area contributed by atoms with Gasteiger partial charge in [-0.3, -0.25) is 4.40 Å². The molecule has 0 aliphatic heterocycles. The van der Waals surface area contributed by atoms with Crippen molar-refractivity contribution in [3.05, 3.63) is 53.1 Å². The molecule has 0 spiro atoms. The van der Waals surface area contributed by atoms with Crippen LogP contribution in [-0.4, -0.2) is 14.4 Å². The lowest BCUT2D eigenvalue weighted by molar-refractivity contribution is 1.19. The maximum Gasteiger partial charge on any atom is 0.235 e. The van der Waals surface area contributed by atoms with Crippen LogP contribution in [0, 0.1) is 0 Å². The summed E-state index contributed by atoms with van der Waals surface area (Å²) in [7, 11) is 0. The largest absolute Gasteiger partial charge is 0.276 e. The van der Waals surface area contributed by atoms with Crippen LogP contribution in [0.25, 0.3) is 27.7 Å². The number of imidazole rings is 1. The molecule has 0 fully saturated rings. The van der Waals surface area contributed by atoms with Crippen molar-refractivity contribution >= 4 is 43.6 Å². The number of fused-ring (bicyclic) bond motifs is 5. The predicted octanol–water partition coefficient (Wildman–Crippen LogP) is 3.80. The number of aromatic nitrogens is 3. The van der Waals surface area contributed by atoms with Gasteiger partial charge in [-0.2, -0.15) is 0 Å². The minimum Gasteiger partial charge on any atom is -0.276 e. The topological polar surface area (TPSA) is 30.2 Å². The highest BCUT2D eigenvalue weighted by molar-refractivity contribution is 9.10. The number of halogens is 1. The molecule has 0 radical (unpaired) electrons. The number of nitrogens with zero attached hydrogens (tertiary/aromatic N) is 3. The fraction of sp³-hybridized carbons (Fsp3) is 0. The number of para-hydroxylation sites is 2. The summed E-state index contributed by atoms with van der Waals surface area (Å²) in [5, 5.41) is 1.11. The zero-order chi connectivity index (χ0) is 12.1. The molecule has 86 valence electrons. The molecule has 4 aromatic rings. The summed E-state index contributed by atoms with van der Waals surface area (Å²) in [6, 6.07) is 14.3. The van der Waals surface area contributed by atoms with E-state index in [0.717, 1.165) is 32.2 Å². The third-order valence-electron chi connectivity index (χ3n) is 3.10. The minimum atomic E-state index is 0.738. The monoisotopic (exact) mass is 297 g/mol. The molecule has 0 saturated heterocycles. The Kier molecular flexibility index (Phi) is 1.96. The van der Waals surface area contributed by atoms with Crippen LogP contribution < -0.4 is 0 Å². The molecule has 3 nitrogen and oxygen atoms in total. The van der Waals surface area contributed by atoms with Crippen molar-refractivity contribution in [1.29, 1.82) is 0 Å². The summed E-state index contributed by atoms with van der Waals surface area (Å²) in [6.07, 6.45) is 1.86. The summed E-state index contributed by atoms with van der Waals surface area (Å²) >= 11 is 3.52. The first-order valence-corrected chi connectivity index (χ1v) is 6.44. The third-order valence-corrected chi connectivity index (χ3v) is 3.59. The molecule has 0 saturated carbocycles. The van der Waals surface area contributed by atoms with Gasteiger partial charge in [0.15, 0.2) is 0 Å². The van der Waals surface area contributed by atoms with Crippen LogP contribution in [0.4, 0.5) is 0 Å². The van der Waals surface area contributed by atoms with Gasteiger partial charge in [-0.25, -0.2) is 9.97 Å². The van der Waals surface area contributed by atoms with Crippen LogP contribution in [0.3, 0.4) is 0 Å². The highest BCUT2D eigenvalue weighted by Gasteiger charge is 2.08. The molecule has 4 heteroatoms. The van der Waals surface area contributed by atoms with Crippen LogP contribution in [0.2, 0.25) is 0 Å². The van der Waals surface area contributed by atoms with Crippen LogP contribution >= 0.6 is 15.9 Å². The van der Waals surface area contributed by atoms with Crippen molar-refractivity contribution < 1.29 is 0 Å². The molecule has 18 heavy (non-hydrogen) atoms. The number of rotatable bonds is 0. The average molecular weight is 298 g/mol. The molecule has 0 aliphatic carbocycles. The Morgan fingerprint density at radius 3 is 2.83 bits per heavy atom. The lowest BCUT2D eigenvalue weighted by atomic mass is 10.2.